The van der Waals surface area contributed by atoms with Gasteiger partial charge in [0.25, 0.3) is 0 Å². The summed E-state index contributed by atoms with van der Waals surface area (Å²) in [6.45, 7) is 25.6. The summed E-state index contributed by atoms with van der Waals surface area (Å²) in [5.41, 5.74) is 0. The molecular formula is C17H37NO2Si2. The van der Waals surface area contributed by atoms with Crippen molar-refractivity contribution >= 4 is 22.5 Å². The van der Waals surface area contributed by atoms with Gasteiger partial charge in [-0.25, -0.2) is 0 Å². The van der Waals surface area contributed by atoms with Crippen LogP contribution < -0.4 is 0 Å². The van der Waals surface area contributed by atoms with Gasteiger partial charge in [0, 0.05) is 0 Å². The van der Waals surface area contributed by atoms with Crippen LogP contribution in [-0.4, -0.2) is 39.7 Å². The van der Waals surface area contributed by atoms with Crippen molar-refractivity contribution in [1.82, 2.24) is 4.57 Å². The lowest BCUT2D eigenvalue weighted by Crippen LogP contribution is -2.73. The van der Waals surface area contributed by atoms with Crippen LogP contribution in [-0.2, 0) is 9.22 Å². The largest absolute Gasteiger partial charge is 0.415 e. The molecule has 0 spiro atoms. The minimum atomic E-state index is -1.81. The van der Waals surface area contributed by atoms with Crippen LogP contribution in [0.4, 0.5) is 0 Å². The van der Waals surface area contributed by atoms with E-state index in [1.165, 1.54) is 0 Å². The lowest BCUT2D eigenvalue weighted by Gasteiger charge is -2.58. The molecule has 1 aliphatic rings. The Bertz CT molecular complexity index is 433. The number of carbonyl (C=O) groups excluding carboxylic acids is 1. The molecule has 3 nitrogen and oxygen atoms in total. The Balaban J connectivity index is 2.89. The Morgan fingerprint density at radius 3 is 1.82 bits per heavy atom. The van der Waals surface area contributed by atoms with Gasteiger partial charge in [-0.3, -0.25) is 4.79 Å². The number of nitrogens with zero attached hydrogens (tertiary/aromatic N) is 1. The summed E-state index contributed by atoms with van der Waals surface area (Å²) >= 11 is 0. The maximum Gasteiger partial charge on any atom is 0.219 e. The second kappa shape index (κ2) is 5.74. The summed E-state index contributed by atoms with van der Waals surface area (Å²) in [6.07, 6.45) is 0. The van der Waals surface area contributed by atoms with E-state index in [-0.39, 0.29) is 22.0 Å². The van der Waals surface area contributed by atoms with Gasteiger partial charge in [0.1, 0.15) is 0 Å². The molecule has 0 saturated carbocycles. The lowest BCUT2D eigenvalue weighted by atomic mass is 9.93. The highest BCUT2D eigenvalue weighted by Gasteiger charge is 2.56. The van der Waals surface area contributed by atoms with Crippen LogP contribution in [0.25, 0.3) is 0 Å². The molecule has 0 unspecified atom stereocenters. The average Bonchev–Trinajstić information content (AvgIpc) is 2.29. The molecule has 0 aromatic heterocycles. The molecule has 0 radical (unpaired) electrons. The predicted octanol–water partition coefficient (Wildman–Crippen LogP) is 4.86. The third-order valence-electron chi connectivity index (χ3n) is 6.39. The van der Waals surface area contributed by atoms with Crippen molar-refractivity contribution < 1.29 is 9.22 Å². The van der Waals surface area contributed by atoms with E-state index in [0.29, 0.717) is 12.5 Å². The zero-order valence-electron chi connectivity index (χ0n) is 16.6. The van der Waals surface area contributed by atoms with E-state index < -0.39 is 16.6 Å². The molecule has 130 valence electrons. The predicted molar refractivity (Wildman–Crippen MR) is 100 cm³/mol. The first-order chi connectivity index (χ1) is 9.54. The minimum absolute atomic E-state index is 0.110. The van der Waals surface area contributed by atoms with Gasteiger partial charge in [-0.05, 0) is 23.2 Å². The van der Waals surface area contributed by atoms with Crippen LogP contribution in [0.15, 0.2) is 0 Å². The van der Waals surface area contributed by atoms with Crippen LogP contribution in [0, 0.1) is 5.92 Å². The van der Waals surface area contributed by atoms with E-state index in [9.17, 15) is 4.79 Å². The summed E-state index contributed by atoms with van der Waals surface area (Å²) in [5, 5.41) is 0.393. The second-order valence-electron chi connectivity index (χ2n) is 9.94. The summed E-state index contributed by atoms with van der Waals surface area (Å²) < 4.78 is 8.63. The molecule has 1 amide bonds. The Labute approximate surface area is 140 Å². The number of hydrogen-bond donors (Lipinski definition) is 0. The van der Waals surface area contributed by atoms with Crippen molar-refractivity contribution in [1.29, 1.82) is 0 Å². The number of amides is 1. The van der Waals surface area contributed by atoms with Crippen molar-refractivity contribution in [3.05, 3.63) is 0 Å². The smallest absolute Gasteiger partial charge is 0.219 e. The monoisotopic (exact) mass is 343 g/mol. The summed E-state index contributed by atoms with van der Waals surface area (Å²) in [7, 11) is -3.57. The van der Waals surface area contributed by atoms with Crippen LogP contribution in [0.2, 0.25) is 36.3 Å². The van der Waals surface area contributed by atoms with E-state index in [0.717, 1.165) is 0 Å². The third kappa shape index (κ3) is 3.36. The second-order valence-corrected chi connectivity index (χ2v) is 19.9. The Morgan fingerprint density at radius 2 is 1.45 bits per heavy atom. The number of rotatable bonds is 4. The lowest BCUT2D eigenvalue weighted by molar-refractivity contribution is -0.148. The van der Waals surface area contributed by atoms with Gasteiger partial charge in [-0.1, -0.05) is 61.6 Å². The topological polar surface area (TPSA) is 29.5 Å². The quantitative estimate of drug-likeness (QED) is 0.539. The van der Waals surface area contributed by atoms with Crippen molar-refractivity contribution in [2.45, 2.75) is 90.8 Å². The van der Waals surface area contributed by atoms with Crippen LogP contribution >= 0.6 is 0 Å². The van der Waals surface area contributed by atoms with Crippen LogP contribution in [0.1, 0.15) is 48.5 Å². The Kier molecular flexibility index (Phi) is 5.20. The van der Waals surface area contributed by atoms with Gasteiger partial charge in [-0.2, -0.15) is 0 Å². The van der Waals surface area contributed by atoms with Gasteiger partial charge in [0.05, 0.1) is 18.6 Å². The molecule has 1 heterocycles. The fraction of sp³-hybridized carbons (Fsp3) is 0.941. The Morgan fingerprint density at radius 1 is 1.00 bits per heavy atom. The Hall–Kier alpha value is -0.136. The molecule has 0 aromatic carbocycles. The molecular weight excluding hydrogens is 306 g/mol. The SMILES string of the molecule is C[C@H]1C(=O)N([Si](C)(C)C(C)(C)C)[C@@H]1CO[Si](C)(C)C(C)(C)C. The number of carbonyl (C=O) groups is 1. The summed E-state index contributed by atoms with van der Waals surface area (Å²) in [5.74, 6) is 0.439. The molecule has 0 bridgehead atoms. The van der Waals surface area contributed by atoms with E-state index >= 15 is 0 Å². The highest BCUT2D eigenvalue weighted by atomic mass is 28.4. The van der Waals surface area contributed by atoms with Crippen molar-refractivity contribution in [3.8, 4) is 0 Å². The fourth-order valence-corrected chi connectivity index (χ4v) is 6.09. The van der Waals surface area contributed by atoms with Gasteiger partial charge < -0.3 is 8.99 Å². The molecule has 1 aliphatic heterocycles. The molecule has 22 heavy (non-hydrogen) atoms. The van der Waals surface area contributed by atoms with Crippen molar-refractivity contribution in [2.75, 3.05) is 6.61 Å². The first-order valence-corrected chi connectivity index (χ1v) is 14.4. The maximum atomic E-state index is 12.5. The first-order valence-electron chi connectivity index (χ1n) is 8.51. The van der Waals surface area contributed by atoms with Gasteiger partial charge in [0.15, 0.2) is 16.6 Å². The number of β-lactam (4-membered cyclic amide) rings is 1. The van der Waals surface area contributed by atoms with Crippen LogP contribution in [0.5, 0.6) is 0 Å². The van der Waals surface area contributed by atoms with Crippen molar-refractivity contribution in [3.63, 3.8) is 0 Å². The average molecular weight is 344 g/mol. The van der Waals surface area contributed by atoms with Gasteiger partial charge in [-0.15, -0.1) is 0 Å². The van der Waals surface area contributed by atoms with E-state index in [1.807, 2.05) is 0 Å². The molecule has 5 heteroatoms. The third-order valence-corrected chi connectivity index (χ3v) is 16.3. The normalized spacial score (nSPS) is 24.5. The van der Waals surface area contributed by atoms with Crippen molar-refractivity contribution in [2.24, 2.45) is 5.92 Å². The fourth-order valence-electron chi connectivity index (χ4n) is 2.47. The maximum absolute atomic E-state index is 12.5. The zero-order valence-corrected chi connectivity index (χ0v) is 18.6. The van der Waals surface area contributed by atoms with E-state index in [1.54, 1.807) is 0 Å². The van der Waals surface area contributed by atoms with Gasteiger partial charge >= 0.3 is 0 Å². The molecule has 0 aliphatic carbocycles. The zero-order chi connectivity index (χ0) is 17.7. The molecule has 1 rings (SSSR count). The van der Waals surface area contributed by atoms with E-state index in [2.05, 4.69) is 79.2 Å². The minimum Gasteiger partial charge on any atom is -0.415 e. The molecule has 0 N–H and O–H groups in total. The molecule has 2 atom stereocenters. The number of hydrogen-bond acceptors (Lipinski definition) is 2. The summed E-state index contributed by atoms with van der Waals surface area (Å²) in [6, 6.07) is 0.266. The molecule has 1 fully saturated rings. The van der Waals surface area contributed by atoms with E-state index in [4.69, 9.17) is 4.43 Å². The van der Waals surface area contributed by atoms with Crippen LogP contribution in [0.3, 0.4) is 0 Å². The van der Waals surface area contributed by atoms with Gasteiger partial charge in [0.2, 0.25) is 5.91 Å². The standard InChI is InChI=1S/C17H37NO2Si2/c1-13-14(12-20-22(10,11)17(5,6)7)18(15(13)19)21(8,9)16(2,3)4/h13-14H,12H2,1-11H3/t13-,14-/m1/s1. The molecule has 1 saturated heterocycles. The highest BCUT2D eigenvalue weighted by Crippen LogP contribution is 2.45. The summed E-state index contributed by atoms with van der Waals surface area (Å²) in [4.78, 5) is 12.5. The first kappa shape index (κ1) is 19.9. The highest BCUT2D eigenvalue weighted by molar-refractivity contribution is 6.80. The molecule has 0 aromatic rings.